The fourth-order valence-electron chi connectivity index (χ4n) is 2.87. The monoisotopic (exact) mass is 337 g/mol. The van der Waals surface area contributed by atoms with Crippen molar-refractivity contribution >= 4 is 28.8 Å². The lowest BCUT2D eigenvalue weighted by molar-refractivity contribution is -0.122. The van der Waals surface area contributed by atoms with Crippen LogP contribution in [-0.2, 0) is 14.3 Å². The highest BCUT2D eigenvalue weighted by atomic mass is 16.5. The van der Waals surface area contributed by atoms with Crippen molar-refractivity contribution in [1.29, 1.82) is 0 Å². The number of benzene rings is 2. The number of imide groups is 1. The number of hydrogen-bond acceptors (Lipinski definition) is 3. The molecule has 2 amide bonds. The zero-order valence-corrected chi connectivity index (χ0v) is 15.3. The third kappa shape index (κ3) is 3.33. The highest BCUT2D eigenvalue weighted by Gasteiger charge is 2.38. The second-order valence-corrected chi connectivity index (χ2v) is 5.45. The van der Waals surface area contributed by atoms with Gasteiger partial charge in [0.2, 0.25) is 5.91 Å². The number of carbonyl (C=O) groups excluding carboxylic acids is 2. The molecule has 0 aliphatic carbocycles. The van der Waals surface area contributed by atoms with Crippen LogP contribution in [0, 0.1) is 6.92 Å². The first kappa shape index (κ1) is 18.5. The number of amides is 2. The molecule has 1 aliphatic rings. The van der Waals surface area contributed by atoms with Crippen LogP contribution in [0.4, 0.5) is 5.69 Å². The molecule has 4 nitrogen and oxygen atoms in total. The molecule has 0 saturated carbocycles. The van der Waals surface area contributed by atoms with Gasteiger partial charge in [-0.15, -0.1) is 0 Å². The van der Waals surface area contributed by atoms with Crippen molar-refractivity contribution in [2.24, 2.45) is 0 Å². The summed E-state index contributed by atoms with van der Waals surface area (Å²) >= 11 is 0. The van der Waals surface area contributed by atoms with Crippen LogP contribution in [0.3, 0.4) is 0 Å². The Kier molecular flexibility index (Phi) is 5.75. The second kappa shape index (κ2) is 7.79. The van der Waals surface area contributed by atoms with Gasteiger partial charge in [-0.1, -0.05) is 55.8 Å². The van der Waals surface area contributed by atoms with Gasteiger partial charge < -0.3 is 4.74 Å². The standard InChI is InChI=1S/C19H17NO3.C2H6/c1-12-9-10-16-15(11-12)17(19(22)20(16)13(2)21)18(23-3)14-7-5-4-6-8-14;1-2/h4-11H,1-3H3;1-2H3/b18-17-;. The number of aryl methyl sites for hydroxylation is 1. The summed E-state index contributed by atoms with van der Waals surface area (Å²) in [5.41, 5.74) is 3.58. The molecular weight excluding hydrogens is 314 g/mol. The van der Waals surface area contributed by atoms with E-state index in [1.54, 1.807) is 6.07 Å². The fourth-order valence-corrected chi connectivity index (χ4v) is 2.87. The molecule has 0 aromatic heterocycles. The molecule has 2 aromatic carbocycles. The van der Waals surface area contributed by atoms with Crippen molar-refractivity contribution in [3.63, 3.8) is 0 Å². The van der Waals surface area contributed by atoms with Gasteiger partial charge in [0, 0.05) is 18.1 Å². The average Bonchev–Trinajstić information content (AvgIpc) is 2.90. The van der Waals surface area contributed by atoms with Gasteiger partial charge in [-0.25, -0.2) is 4.90 Å². The Morgan fingerprint density at radius 1 is 1.04 bits per heavy atom. The van der Waals surface area contributed by atoms with Crippen LogP contribution in [0.1, 0.15) is 37.5 Å². The van der Waals surface area contributed by atoms with Crippen LogP contribution in [0.2, 0.25) is 0 Å². The minimum absolute atomic E-state index is 0.307. The Balaban J connectivity index is 0.00000109. The number of anilines is 1. The van der Waals surface area contributed by atoms with Crippen LogP contribution < -0.4 is 4.90 Å². The van der Waals surface area contributed by atoms with Gasteiger partial charge >= 0.3 is 0 Å². The number of nitrogens with zero attached hydrogens (tertiary/aromatic N) is 1. The van der Waals surface area contributed by atoms with Crippen molar-refractivity contribution < 1.29 is 14.3 Å². The van der Waals surface area contributed by atoms with E-state index in [9.17, 15) is 9.59 Å². The molecule has 0 atom stereocenters. The predicted octanol–water partition coefficient (Wildman–Crippen LogP) is 4.43. The summed E-state index contributed by atoms with van der Waals surface area (Å²) in [6.07, 6.45) is 0. The number of carbonyl (C=O) groups is 2. The molecule has 25 heavy (non-hydrogen) atoms. The molecule has 3 rings (SSSR count). The van der Waals surface area contributed by atoms with Crippen molar-refractivity contribution in [2.45, 2.75) is 27.7 Å². The maximum Gasteiger partial charge on any atom is 0.269 e. The van der Waals surface area contributed by atoms with E-state index in [4.69, 9.17) is 4.74 Å². The lowest BCUT2D eigenvalue weighted by Crippen LogP contribution is -2.31. The van der Waals surface area contributed by atoms with Gasteiger partial charge in [-0.2, -0.15) is 0 Å². The molecule has 4 heteroatoms. The molecule has 0 spiro atoms. The van der Waals surface area contributed by atoms with Crippen LogP contribution in [-0.4, -0.2) is 18.9 Å². The molecule has 1 aliphatic heterocycles. The van der Waals surface area contributed by atoms with Gasteiger partial charge in [0.05, 0.1) is 18.4 Å². The molecule has 0 unspecified atom stereocenters. The summed E-state index contributed by atoms with van der Waals surface area (Å²) in [7, 11) is 1.54. The summed E-state index contributed by atoms with van der Waals surface area (Å²) < 4.78 is 5.54. The molecule has 0 N–H and O–H groups in total. The normalized spacial score (nSPS) is 14.4. The summed E-state index contributed by atoms with van der Waals surface area (Å²) in [6.45, 7) is 7.34. The lowest BCUT2D eigenvalue weighted by Gasteiger charge is -2.12. The van der Waals surface area contributed by atoms with E-state index in [0.29, 0.717) is 17.0 Å². The largest absolute Gasteiger partial charge is 0.495 e. The summed E-state index contributed by atoms with van der Waals surface area (Å²) in [4.78, 5) is 26.0. The quantitative estimate of drug-likeness (QED) is 0.601. The van der Waals surface area contributed by atoms with E-state index < -0.39 is 0 Å². The van der Waals surface area contributed by atoms with Crippen LogP contribution >= 0.6 is 0 Å². The molecule has 1 heterocycles. The zero-order chi connectivity index (χ0) is 18.6. The van der Waals surface area contributed by atoms with Gasteiger partial charge in [0.1, 0.15) is 5.76 Å². The van der Waals surface area contributed by atoms with Gasteiger partial charge in [-0.3, -0.25) is 9.59 Å². The number of methoxy groups -OCH3 is 1. The fraction of sp³-hybridized carbons (Fsp3) is 0.238. The SMILES string of the molecule is CC.CO/C(=C1\C(=O)N(C(C)=O)c2ccc(C)cc21)c1ccccc1. The molecule has 0 saturated heterocycles. The highest BCUT2D eigenvalue weighted by molar-refractivity contribution is 6.42. The second-order valence-electron chi connectivity index (χ2n) is 5.45. The number of fused-ring (bicyclic) bond motifs is 1. The first-order chi connectivity index (χ1) is 12.0. The lowest BCUT2D eigenvalue weighted by atomic mass is 10.0. The van der Waals surface area contributed by atoms with Crippen molar-refractivity contribution in [3.05, 3.63) is 65.2 Å². The maximum atomic E-state index is 12.9. The van der Waals surface area contributed by atoms with Gasteiger partial charge in [-0.05, 0) is 19.1 Å². The van der Waals surface area contributed by atoms with E-state index in [2.05, 4.69) is 0 Å². The van der Waals surface area contributed by atoms with Crippen molar-refractivity contribution in [3.8, 4) is 0 Å². The zero-order valence-electron chi connectivity index (χ0n) is 15.3. The van der Waals surface area contributed by atoms with Crippen molar-refractivity contribution in [1.82, 2.24) is 0 Å². The Bertz CT molecular complexity index is 822. The molecule has 0 radical (unpaired) electrons. The predicted molar refractivity (Wildman–Crippen MR) is 101 cm³/mol. The minimum atomic E-state index is -0.348. The first-order valence-electron chi connectivity index (χ1n) is 8.34. The third-order valence-corrected chi connectivity index (χ3v) is 3.86. The number of hydrogen-bond donors (Lipinski definition) is 0. The molecular formula is C21H23NO3. The average molecular weight is 337 g/mol. The van der Waals surface area contributed by atoms with Crippen LogP contribution in [0.25, 0.3) is 11.3 Å². The van der Waals surface area contributed by atoms with E-state index in [1.165, 1.54) is 18.9 Å². The Hall–Kier alpha value is -2.88. The highest BCUT2D eigenvalue weighted by Crippen LogP contribution is 2.41. The molecule has 2 aromatic rings. The topological polar surface area (TPSA) is 46.6 Å². The summed E-state index contributed by atoms with van der Waals surface area (Å²) in [6, 6.07) is 15.0. The third-order valence-electron chi connectivity index (χ3n) is 3.86. The molecule has 0 bridgehead atoms. The van der Waals surface area contributed by atoms with E-state index in [1.807, 2.05) is 63.2 Å². The van der Waals surface area contributed by atoms with E-state index >= 15 is 0 Å². The molecule has 0 fully saturated rings. The van der Waals surface area contributed by atoms with Crippen LogP contribution in [0.5, 0.6) is 0 Å². The number of ether oxygens (including phenoxy) is 1. The smallest absolute Gasteiger partial charge is 0.269 e. The van der Waals surface area contributed by atoms with Crippen LogP contribution in [0.15, 0.2) is 48.5 Å². The Labute approximate surface area is 148 Å². The van der Waals surface area contributed by atoms with Gasteiger partial charge in [0.25, 0.3) is 5.91 Å². The van der Waals surface area contributed by atoms with E-state index in [-0.39, 0.29) is 11.8 Å². The summed E-state index contributed by atoms with van der Waals surface area (Å²) in [5.74, 6) is -0.177. The maximum absolute atomic E-state index is 12.9. The van der Waals surface area contributed by atoms with Crippen molar-refractivity contribution in [2.75, 3.05) is 12.0 Å². The first-order valence-corrected chi connectivity index (χ1v) is 8.34. The Morgan fingerprint density at radius 2 is 1.68 bits per heavy atom. The van der Waals surface area contributed by atoms with Gasteiger partial charge in [0.15, 0.2) is 0 Å². The Morgan fingerprint density at radius 3 is 2.24 bits per heavy atom. The number of rotatable bonds is 2. The van der Waals surface area contributed by atoms with E-state index in [0.717, 1.165) is 16.7 Å². The minimum Gasteiger partial charge on any atom is -0.495 e. The molecule has 130 valence electrons. The summed E-state index contributed by atoms with van der Waals surface area (Å²) in [5, 5.41) is 0.